The van der Waals surface area contributed by atoms with Gasteiger partial charge in [-0.2, -0.15) is 5.10 Å². The average molecular weight is 458 g/mol. The number of nitrogens with zero attached hydrogens (tertiary/aromatic N) is 3. The highest BCUT2D eigenvalue weighted by Crippen LogP contribution is 2.33. The highest BCUT2D eigenvalue weighted by Gasteiger charge is 2.27. The van der Waals surface area contributed by atoms with Crippen molar-refractivity contribution in [2.75, 3.05) is 23.7 Å². The van der Waals surface area contributed by atoms with E-state index in [-0.39, 0.29) is 11.9 Å². The molecule has 1 saturated heterocycles. The molecular formula is C24H22N6O4. The summed E-state index contributed by atoms with van der Waals surface area (Å²) in [6.07, 6.45) is 1.37. The molecule has 2 amide bonds. The molecule has 34 heavy (non-hydrogen) atoms. The van der Waals surface area contributed by atoms with Crippen LogP contribution >= 0.6 is 0 Å². The molecule has 0 bridgehead atoms. The summed E-state index contributed by atoms with van der Waals surface area (Å²) in [7, 11) is 0. The number of carbonyl (C=O) groups excluding carboxylic acids is 1. The lowest BCUT2D eigenvalue weighted by molar-refractivity contribution is 0.102. The van der Waals surface area contributed by atoms with Crippen LogP contribution in [0.3, 0.4) is 0 Å². The van der Waals surface area contributed by atoms with Crippen molar-refractivity contribution in [1.29, 1.82) is 0 Å². The number of ether oxygens (including phenoxy) is 1. The Morgan fingerprint density at radius 2 is 1.88 bits per heavy atom. The zero-order valence-electron chi connectivity index (χ0n) is 18.1. The van der Waals surface area contributed by atoms with Gasteiger partial charge in [-0.1, -0.05) is 18.2 Å². The maximum absolute atomic E-state index is 12.5. The van der Waals surface area contributed by atoms with Crippen LogP contribution in [0.4, 0.5) is 16.3 Å². The molecule has 10 heteroatoms. The van der Waals surface area contributed by atoms with Crippen LogP contribution in [0.25, 0.3) is 11.0 Å². The summed E-state index contributed by atoms with van der Waals surface area (Å²) in [6.45, 7) is 0.855. The van der Waals surface area contributed by atoms with Gasteiger partial charge in [0.2, 0.25) is 0 Å². The van der Waals surface area contributed by atoms with Crippen LogP contribution in [0.2, 0.25) is 0 Å². The summed E-state index contributed by atoms with van der Waals surface area (Å²) in [4.78, 5) is 29.4. The number of H-pyrrole nitrogens is 1. The van der Waals surface area contributed by atoms with E-state index < -0.39 is 6.09 Å². The van der Waals surface area contributed by atoms with Crippen molar-refractivity contribution in [3.05, 3.63) is 72.4 Å². The molecule has 5 rings (SSSR count). The second-order valence-electron chi connectivity index (χ2n) is 7.91. The van der Waals surface area contributed by atoms with Gasteiger partial charge in [0, 0.05) is 42.6 Å². The molecule has 4 N–H and O–H groups in total. The van der Waals surface area contributed by atoms with E-state index in [9.17, 15) is 14.7 Å². The number of hydrogen-bond donors (Lipinski definition) is 4. The van der Waals surface area contributed by atoms with Gasteiger partial charge in [-0.3, -0.25) is 9.89 Å². The summed E-state index contributed by atoms with van der Waals surface area (Å²) in [5.41, 5.74) is 1.78. The SMILES string of the molecule is O=C(Nc1ccccc1)c1ccc(Oc2ccnc3[nH]nc(NC4CCN(C(=O)O)C4)c23)cc1. The van der Waals surface area contributed by atoms with Crippen molar-refractivity contribution < 1.29 is 19.4 Å². The van der Waals surface area contributed by atoms with Crippen molar-refractivity contribution >= 4 is 34.5 Å². The normalized spacial score (nSPS) is 15.3. The molecule has 2 aromatic heterocycles. The van der Waals surface area contributed by atoms with Crippen molar-refractivity contribution in [1.82, 2.24) is 20.1 Å². The Labute approximate surface area is 194 Å². The minimum atomic E-state index is -0.928. The third-order valence-electron chi connectivity index (χ3n) is 5.60. The van der Waals surface area contributed by atoms with Crippen molar-refractivity contribution in [2.45, 2.75) is 12.5 Å². The maximum Gasteiger partial charge on any atom is 0.407 e. The molecule has 0 saturated carbocycles. The standard InChI is InChI=1S/C24H22N6O4/c31-23(27-16-4-2-1-3-5-16)15-6-8-18(9-7-15)34-19-10-12-25-21-20(19)22(29-28-21)26-17-11-13-30(14-17)24(32)33/h1-10,12,17H,11,13-14H2,(H,27,31)(H,32,33)(H2,25,26,28,29). The molecule has 1 fully saturated rings. The zero-order valence-corrected chi connectivity index (χ0v) is 18.1. The van der Waals surface area contributed by atoms with E-state index in [1.807, 2.05) is 30.3 Å². The van der Waals surface area contributed by atoms with Crippen molar-refractivity contribution in [3.63, 3.8) is 0 Å². The molecule has 1 aliphatic rings. The third-order valence-corrected chi connectivity index (χ3v) is 5.60. The number of carboxylic acid groups (broad SMARTS) is 1. The van der Waals surface area contributed by atoms with E-state index in [4.69, 9.17) is 4.74 Å². The number of rotatable bonds is 6. The lowest BCUT2D eigenvalue weighted by atomic mass is 10.2. The molecule has 2 aromatic carbocycles. The fraction of sp³-hybridized carbons (Fsp3) is 0.167. The lowest BCUT2D eigenvalue weighted by Crippen LogP contribution is -2.30. The van der Waals surface area contributed by atoms with Crippen LogP contribution in [-0.2, 0) is 0 Å². The van der Waals surface area contributed by atoms with Crippen molar-refractivity contribution in [2.24, 2.45) is 0 Å². The number of fused-ring (bicyclic) bond motifs is 1. The highest BCUT2D eigenvalue weighted by molar-refractivity contribution is 6.04. The molecule has 172 valence electrons. The van der Waals surface area contributed by atoms with E-state index >= 15 is 0 Å². The van der Waals surface area contributed by atoms with Gasteiger partial charge in [-0.05, 0) is 42.8 Å². The summed E-state index contributed by atoms with van der Waals surface area (Å²) < 4.78 is 6.09. The highest BCUT2D eigenvalue weighted by atomic mass is 16.5. The topological polar surface area (TPSA) is 132 Å². The van der Waals surface area contributed by atoms with Gasteiger partial charge in [-0.25, -0.2) is 9.78 Å². The van der Waals surface area contributed by atoms with E-state index in [0.717, 1.165) is 5.69 Å². The number of benzene rings is 2. The van der Waals surface area contributed by atoms with Gasteiger partial charge in [0.05, 0.1) is 0 Å². The Morgan fingerprint density at radius 1 is 1.09 bits per heavy atom. The minimum absolute atomic E-state index is 0.0573. The number of nitrogens with one attached hydrogen (secondary N) is 3. The molecule has 1 atom stereocenters. The monoisotopic (exact) mass is 458 g/mol. The summed E-state index contributed by atoms with van der Waals surface area (Å²) in [5, 5.41) is 23.2. The fourth-order valence-electron chi connectivity index (χ4n) is 3.88. The first-order valence-corrected chi connectivity index (χ1v) is 10.8. The lowest BCUT2D eigenvalue weighted by Gasteiger charge is -2.14. The van der Waals surface area contributed by atoms with Crippen LogP contribution in [-0.4, -0.2) is 56.3 Å². The van der Waals surface area contributed by atoms with Gasteiger partial charge in [0.25, 0.3) is 5.91 Å². The minimum Gasteiger partial charge on any atom is -0.465 e. The molecule has 0 spiro atoms. The largest absolute Gasteiger partial charge is 0.465 e. The maximum atomic E-state index is 12.5. The number of aromatic nitrogens is 3. The average Bonchev–Trinajstić information content (AvgIpc) is 3.49. The number of likely N-dealkylation sites (tertiary alicyclic amines) is 1. The van der Waals surface area contributed by atoms with E-state index in [1.54, 1.807) is 36.5 Å². The first-order valence-electron chi connectivity index (χ1n) is 10.8. The summed E-state index contributed by atoms with van der Waals surface area (Å²) in [5.74, 6) is 1.43. The summed E-state index contributed by atoms with van der Waals surface area (Å²) in [6, 6.07) is 17.8. The number of para-hydroxylation sites is 1. The number of aromatic amines is 1. The Morgan fingerprint density at radius 3 is 2.62 bits per heavy atom. The number of hydrogen-bond acceptors (Lipinski definition) is 6. The van der Waals surface area contributed by atoms with Gasteiger partial charge in [0.1, 0.15) is 16.9 Å². The fourth-order valence-corrected chi connectivity index (χ4v) is 3.88. The molecule has 1 aliphatic heterocycles. The van der Waals surface area contributed by atoms with Gasteiger partial charge in [-0.15, -0.1) is 0 Å². The first kappa shape index (κ1) is 21.3. The smallest absolute Gasteiger partial charge is 0.407 e. The van der Waals surface area contributed by atoms with Gasteiger partial charge < -0.3 is 25.4 Å². The predicted octanol–water partition coefficient (Wildman–Crippen LogP) is 4.17. The Balaban J connectivity index is 1.31. The quantitative estimate of drug-likeness (QED) is 0.341. The molecule has 0 aliphatic carbocycles. The van der Waals surface area contributed by atoms with Gasteiger partial charge >= 0.3 is 6.09 Å². The molecule has 1 unspecified atom stereocenters. The second-order valence-corrected chi connectivity index (χ2v) is 7.91. The first-order chi connectivity index (χ1) is 16.6. The van der Waals surface area contributed by atoms with E-state index in [0.29, 0.717) is 53.4 Å². The van der Waals surface area contributed by atoms with Crippen LogP contribution in [0.5, 0.6) is 11.5 Å². The second kappa shape index (κ2) is 9.10. The number of carbonyl (C=O) groups is 2. The zero-order chi connectivity index (χ0) is 23.5. The van der Waals surface area contributed by atoms with Crippen LogP contribution in [0.15, 0.2) is 66.9 Å². The van der Waals surface area contributed by atoms with E-state index in [2.05, 4.69) is 25.8 Å². The van der Waals surface area contributed by atoms with Crippen LogP contribution < -0.4 is 15.4 Å². The molecule has 4 aromatic rings. The Bertz CT molecular complexity index is 1320. The van der Waals surface area contributed by atoms with Crippen LogP contribution in [0.1, 0.15) is 16.8 Å². The van der Waals surface area contributed by atoms with Gasteiger partial charge in [0.15, 0.2) is 11.5 Å². The molecule has 3 heterocycles. The number of anilines is 2. The third kappa shape index (κ3) is 4.46. The summed E-state index contributed by atoms with van der Waals surface area (Å²) >= 11 is 0. The molecule has 10 nitrogen and oxygen atoms in total. The molecule has 0 radical (unpaired) electrons. The Hall–Kier alpha value is -4.60. The number of pyridine rings is 1. The Kier molecular flexibility index (Phi) is 5.69. The van der Waals surface area contributed by atoms with Crippen LogP contribution in [0, 0.1) is 0 Å². The predicted molar refractivity (Wildman–Crippen MR) is 126 cm³/mol. The van der Waals surface area contributed by atoms with Crippen molar-refractivity contribution in [3.8, 4) is 11.5 Å². The number of amides is 2. The molecular weight excluding hydrogens is 436 g/mol. The van der Waals surface area contributed by atoms with E-state index in [1.165, 1.54) is 4.90 Å².